The van der Waals surface area contributed by atoms with Gasteiger partial charge in [-0.1, -0.05) is 30.3 Å². The van der Waals surface area contributed by atoms with Crippen LogP contribution < -0.4 is 0 Å². The zero-order valence-corrected chi connectivity index (χ0v) is 11.5. The average molecular weight is 258 g/mol. The van der Waals surface area contributed by atoms with E-state index in [-0.39, 0.29) is 0 Å². The van der Waals surface area contributed by atoms with Crippen molar-refractivity contribution in [3.05, 3.63) is 47.4 Å². The maximum Gasteiger partial charge on any atom is 0.154 e. The molecule has 0 N–H and O–H groups in total. The van der Waals surface area contributed by atoms with Crippen LogP contribution in [0.5, 0.6) is 0 Å². The second-order valence-electron chi connectivity index (χ2n) is 4.48. The lowest BCUT2D eigenvalue weighted by Crippen LogP contribution is -2.41. The molecule has 1 atom stereocenters. The van der Waals surface area contributed by atoms with Gasteiger partial charge in [-0.15, -0.1) is 11.8 Å². The number of hydrogen-bond acceptors (Lipinski definition) is 3. The lowest BCUT2D eigenvalue weighted by atomic mass is 9.90. The Balaban J connectivity index is 2.44. The van der Waals surface area contributed by atoms with E-state index >= 15 is 0 Å². The van der Waals surface area contributed by atoms with E-state index in [4.69, 9.17) is 0 Å². The van der Waals surface area contributed by atoms with E-state index in [1.165, 1.54) is 12.8 Å². The summed E-state index contributed by atoms with van der Waals surface area (Å²) in [5.41, 5.74) is 0.473. The first-order valence-electron chi connectivity index (χ1n) is 6.26. The van der Waals surface area contributed by atoms with Gasteiger partial charge in [-0.25, -0.2) is 0 Å². The van der Waals surface area contributed by atoms with Crippen LogP contribution in [0.1, 0.15) is 18.4 Å². The topological polar surface area (TPSA) is 27.0 Å². The SMILES string of the molecule is CS/C=C/C(C#N)(c1ccccc1)N1CCCC1. The van der Waals surface area contributed by atoms with Gasteiger partial charge in [0.15, 0.2) is 5.54 Å². The predicted molar refractivity (Wildman–Crippen MR) is 77.2 cm³/mol. The zero-order chi connectivity index (χ0) is 12.8. The molecule has 0 amide bonds. The minimum Gasteiger partial charge on any atom is -0.279 e. The van der Waals surface area contributed by atoms with Gasteiger partial charge in [0, 0.05) is 13.1 Å². The molecule has 0 spiro atoms. The van der Waals surface area contributed by atoms with Gasteiger partial charge >= 0.3 is 0 Å². The van der Waals surface area contributed by atoms with Gasteiger partial charge in [0.25, 0.3) is 0 Å². The molecule has 3 heteroatoms. The minimum absolute atomic E-state index is 0.596. The molecule has 1 aliphatic rings. The molecule has 94 valence electrons. The predicted octanol–water partition coefficient (Wildman–Crippen LogP) is 3.38. The highest BCUT2D eigenvalue weighted by Gasteiger charge is 2.37. The van der Waals surface area contributed by atoms with Crippen LogP contribution in [-0.2, 0) is 5.54 Å². The summed E-state index contributed by atoms with van der Waals surface area (Å²) in [6.07, 6.45) is 6.43. The number of nitriles is 1. The molecule has 1 heterocycles. The molecule has 0 aliphatic carbocycles. The lowest BCUT2D eigenvalue weighted by molar-refractivity contribution is 0.223. The first-order chi connectivity index (χ1) is 8.83. The van der Waals surface area contributed by atoms with E-state index in [1.54, 1.807) is 11.8 Å². The van der Waals surface area contributed by atoms with Crippen LogP contribution in [0.3, 0.4) is 0 Å². The van der Waals surface area contributed by atoms with Crippen molar-refractivity contribution in [2.24, 2.45) is 0 Å². The third kappa shape index (κ3) is 2.45. The number of rotatable bonds is 4. The molecule has 1 aliphatic heterocycles. The normalized spacial score (nSPS) is 19.8. The van der Waals surface area contributed by atoms with Crippen molar-refractivity contribution in [1.29, 1.82) is 5.26 Å². The Bertz CT molecular complexity index is 443. The van der Waals surface area contributed by atoms with Crippen molar-refractivity contribution in [2.45, 2.75) is 18.4 Å². The van der Waals surface area contributed by atoms with Gasteiger partial charge in [0.1, 0.15) is 0 Å². The fourth-order valence-electron chi connectivity index (χ4n) is 2.49. The molecule has 1 unspecified atom stereocenters. The number of likely N-dealkylation sites (tertiary alicyclic amines) is 1. The van der Waals surface area contributed by atoms with E-state index in [0.29, 0.717) is 0 Å². The van der Waals surface area contributed by atoms with Crippen LogP contribution in [0.25, 0.3) is 0 Å². The van der Waals surface area contributed by atoms with E-state index in [1.807, 2.05) is 48.1 Å². The Kier molecular flexibility index (Phi) is 4.46. The minimum atomic E-state index is -0.596. The van der Waals surface area contributed by atoms with Crippen molar-refractivity contribution in [1.82, 2.24) is 4.90 Å². The van der Waals surface area contributed by atoms with Crippen molar-refractivity contribution in [3.63, 3.8) is 0 Å². The van der Waals surface area contributed by atoms with Gasteiger partial charge < -0.3 is 0 Å². The molecule has 0 radical (unpaired) electrons. The van der Waals surface area contributed by atoms with Crippen LogP contribution in [0.2, 0.25) is 0 Å². The van der Waals surface area contributed by atoms with E-state index in [0.717, 1.165) is 18.7 Å². The quantitative estimate of drug-likeness (QED) is 0.828. The Labute approximate surface area is 113 Å². The molecule has 0 bridgehead atoms. The number of benzene rings is 1. The lowest BCUT2D eigenvalue weighted by Gasteiger charge is -2.33. The molecule has 0 saturated carbocycles. The zero-order valence-electron chi connectivity index (χ0n) is 10.7. The fourth-order valence-corrected chi connectivity index (χ4v) is 2.82. The monoisotopic (exact) mass is 258 g/mol. The Morgan fingerprint density at radius 3 is 2.50 bits per heavy atom. The first-order valence-corrected chi connectivity index (χ1v) is 7.54. The summed E-state index contributed by atoms with van der Waals surface area (Å²) >= 11 is 1.64. The number of hydrogen-bond donors (Lipinski definition) is 0. The highest BCUT2D eigenvalue weighted by Crippen LogP contribution is 2.33. The molecule has 1 saturated heterocycles. The summed E-state index contributed by atoms with van der Waals surface area (Å²) in [5.74, 6) is 0. The molecule has 18 heavy (non-hydrogen) atoms. The van der Waals surface area contributed by atoms with Crippen molar-refractivity contribution in [2.75, 3.05) is 19.3 Å². The second kappa shape index (κ2) is 6.08. The second-order valence-corrected chi connectivity index (χ2v) is 5.22. The van der Waals surface area contributed by atoms with Crippen molar-refractivity contribution in [3.8, 4) is 6.07 Å². The third-order valence-electron chi connectivity index (χ3n) is 3.43. The Morgan fingerprint density at radius 1 is 1.28 bits per heavy atom. The van der Waals surface area contributed by atoms with Gasteiger partial charge in [-0.05, 0) is 36.1 Å². The van der Waals surface area contributed by atoms with Crippen molar-refractivity contribution >= 4 is 11.8 Å². The van der Waals surface area contributed by atoms with Gasteiger partial charge in [0.2, 0.25) is 0 Å². The molecule has 2 nitrogen and oxygen atoms in total. The summed E-state index contributed by atoms with van der Waals surface area (Å²) in [7, 11) is 0. The molecule has 0 aromatic heterocycles. The Hall–Kier alpha value is -1.24. The van der Waals surface area contributed by atoms with Crippen LogP contribution >= 0.6 is 11.8 Å². The highest BCUT2D eigenvalue weighted by molar-refractivity contribution is 8.01. The molecular weight excluding hydrogens is 240 g/mol. The summed E-state index contributed by atoms with van der Waals surface area (Å²) in [5, 5.41) is 11.8. The maximum atomic E-state index is 9.76. The molecule has 2 rings (SSSR count). The van der Waals surface area contributed by atoms with Crippen LogP contribution in [0, 0.1) is 11.3 Å². The van der Waals surface area contributed by atoms with E-state index < -0.39 is 5.54 Å². The maximum absolute atomic E-state index is 9.76. The molecule has 1 aromatic carbocycles. The molecule has 1 aromatic rings. The smallest absolute Gasteiger partial charge is 0.154 e. The summed E-state index contributed by atoms with van der Waals surface area (Å²) in [4.78, 5) is 2.29. The van der Waals surface area contributed by atoms with Crippen LogP contribution in [0.15, 0.2) is 41.8 Å². The van der Waals surface area contributed by atoms with Gasteiger partial charge in [-0.2, -0.15) is 5.26 Å². The summed E-state index contributed by atoms with van der Waals surface area (Å²) in [6.45, 7) is 2.00. The van der Waals surface area contributed by atoms with Gasteiger partial charge in [0.05, 0.1) is 6.07 Å². The average Bonchev–Trinajstić information content (AvgIpc) is 2.96. The molecular formula is C15H18N2S. The van der Waals surface area contributed by atoms with Crippen LogP contribution in [-0.4, -0.2) is 24.2 Å². The fraction of sp³-hybridized carbons (Fsp3) is 0.400. The summed E-state index contributed by atoms with van der Waals surface area (Å²) in [6, 6.07) is 12.6. The van der Waals surface area contributed by atoms with E-state index in [2.05, 4.69) is 11.0 Å². The summed E-state index contributed by atoms with van der Waals surface area (Å²) < 4.78 is 0. The van der Waals surface area contributed by atoms with E-state index in [9.17, 15) is 5.26 Å². The largest absolute Gasteiger partial charge is 0.279 e. The third-order valence-corrected chi connectivity index (χ3v) is 3.84. The molecule has 1 fully saturated rings. The first kappa shape index (κ1) is 13.2. The van der Waals surface area contributed by atoms with Crippen molar-refractivity contribution < 1.29 is 0 Å². The number of nitrogens with zero attached hydrogens (tertiary/aromatic N) is 2. The highest BCUT2D eigenvalue weighted by atomic mass is 32.2. The van der Waals surface area contributed by atoms with Gasteiger partial charge in [-0.3, -0.25) is 4.90 Å². The number of thioether (sulfide) groups is 1. The Morgan fingerprint density at radius 2 is 1.94 bits per heavy atom. The van der Waals surface area contributed by atoms with Crippen LogP contribution in [0.4, 0.5) is 0 Å². The standard InChI is InChI=1S/C15H18N2S/c1-18-12-9-15(13-16,17-10-5-6-11-17)14-7-3-2-4-8-14/h2-4,7-9,12H,5-6,10-11H2,1H3/b12-9+.